The van der Waals surface area contributed by atoms with Crippen molar-refractivity contribution in [3.63, 3.8) is 0 Å². The molecular weight excluding hydrogens is 206 g/mol. The van der Waals surface area contributed by atoms with Crippen LogP contribution < -0.4 is 19.5 Å². The molecule has 1 aliphatic rings. The molecule has 0 unspecified atom stereocenters. The Hall–Kier alpha value is -1.42. The van der Waals surface area contributed by atoms with Crippen LogP contribution in [0.4, 0.5) is 0 Å². The van der Waals surface area contributed by atoms with E-state index in [1.165, 1.54) is 11.1 Å². The standard InChI is InChI=1S/C12H17NO3/c1-14-10-6-8-7-13-5-4-9(8)11(15-2)12(10)16-3/h6,13H,4-5,7H2,1-3H3/p+1. The molecule has 1 aliphatic heterocycles. The maximum absolute atomic E-state index is 5.46. The van der Waals surface area contributed by atoms with E-state index >= 15 is 0 Å². The second-order valence-corrected chi connectivity index (χ2v) is 3.81. The fourth-order valence-electron chi connectivity index (χ4n) is 2.23. The predicted octanol–water partition coefficient (Wildman–Crippen LogP) is 0.332. The highest BCUT2D eigenvalue weighted by atomic mass is 16.5. The molecular formula is C12H18NO3+. The Balaban J connectivity index is 2.59. The second kappa shape index (κ2) is 4.61. The van der Waals surface area contributed by atoms with Gasteiger partial charge in [0.25, 0.3) is 0 Å². The lowest BCUT2D eigenvalue weighted by Gasteiger charge is -2.21. The van der Waals surface area contributed by atoms with Crippen molar-refractivity contribution in [2.75, 3.05) is 27.9 Å². The molecule has 0 bridgehead atoms. The average Bonchev–Trinajstić information content (AvgIpc) is 2.36. The molecule has 0 aromatic heterocycles. The van der Waals surface area contributed by atoms with E-state index in [9.17, 15) is 0 Å². The van der Waals surface area contributed by atoms with E-state index in [4.69, 9.17) is 14.2 Å². The minimum absolute atomic E-state index is 0.700. The van der Waals surface area contributed by atoms with Gasteiger partial charge in [0.1, 0.15) is 6.54 Å². The number of hydrogen-bond donors (Lipinski definition) is 1. The van der Waals surface area contributed by atoms with Gasteiger partial charge in [-0.25, -0.2) is 0 Å². The fourth-order valence-corrected chi connectivity index (χ4v) is 2.23. The summed E-state index contributed by atoms with van der Waals surface area (Å²) in [5.74, 6) is 2.27. The lowest BCUT2D eigenvalue weighted by molar-refractivity contribution is -0.673. The van der Waals surface area contributed by atoms with Crippen LogP contribution >= 0.6 is 0 Å². The third-order valence-corrected chi connectivity index (χ3v) is 2.99. The molecule has 4 nitrogen and oxygen atoms in total. The number of quaternary nitrogens is 1. The van der Waals surface area contributed by atoms with Crippen LogP contribution in [0.25, 0.3) is 0 Å². The van der Waals surface area contributed by atoms with Crippen LogP contribution in [0.3, 0.4) is 0 Å². The van der Waals surface area contributed by atoms with E-state index < -0.39 is 0 Å². The Morgan fingerprint density at radius 2 is 1.81 bits per heavy atom. The highest BCUT2D eigenvalue weighted by Crippen LogP contribution is 2.42. The summed E-state index contributed by atoms with van der Waals surface area (Å²) in [7, 11) is 4.97. The minimum Gasteiger partial charge on any atom is -0.493 e. The van der Waals surface area contributed by atoms with Crippen molar-refractivity contribution in [2.24, 2.45) is 0 Å². The summed E-state index contributed by atoms with van der Waals surface area (Å²) < 4.78 is 16.1. The lowest BCUT2D eigenvalue weighted by Crippen LogP contribution is -2.84. The number of fused-ring (bicyclic) bond motifs is 1. The molecule has 0 radical (unpaired) electrons. The van der Waals surface area contributed by atoms with Crippen molar-refractivity contribution in [2.45, 2.75) is 13.0 Å². The quantitative estimate of drug-likeness (QED) is 0.805. The van der Waals surface area contributed by atoms with Gasteiger partial charge in [-0.15, -0.1) is 0 Å². The molecule has 2 rings (SSSR count). The Bertz CT molecular complexity index is 376. The Labute approximate surface area is 95.5 Å². The Morgan fingerprint density at radius 1 is 1.06 bits per heavy atom. The van der Waals surface area contributed by atoms with Gasteiger partial charge in [-0.05, 0) is 6.07 Å². The van der Waals surface area contributed by atoms with Crippen molar-refractivity contribution < 1.29 is 19.5 Å². The summed E-state index contributed by atoms with van der Waals surface area (Å²) >= 11 is 0. The first-order chi connectivity index (χ1) is 7.81. The SMILES string of the molecule is COc1cc2c(c(OC)c1OC)CC[NH2+]C2. The van der Waals surface area contributed by atoms with Crippen LogP contribution in [0.5, 0.6) is 17.2 Å². The van der Waals surface area contributed by atoms with Crippen LogP contribution in [-0.4, -0.2) is 27.9 Å². The summed E-state index contributed by atoms with van der Waals surface area (Å²) in [6, 6.07) is 2.05. The topological polar surface area (TPSA) is 44.3 Å². The average molecular weight is 224 g/mol. The lowest BCUT2D eigenvalue weighted by atomic mass is 9.99. The van der Waals surface area contributed by atoms with E-state index in [0.29, 0.717) is 5.75 Å². The molecule has 0 amide bonds. The van der Waals surface area contributed by atoms with E-state index in [1.807, 2.05) is 6.07 Å². The first kappa shape index (κ1) is 11.1. The van der Waals surface area contributed by atoms with Gasteiger partial charge >= 0.3 is 0 Å². The number of rotatable bonds is 3. The summed E-state index contributed by atoms with van der Waals surface area (Å²) in [5.41, 5.74) is 2.53. The van der Waals surface area contributed by atoms with E-state index in [-0.39, 0.29) is 0 Å². The van der Waals surface area contributed by atoms with E-state index in [2.05, 4.69) is 5.32 Å². The number of ether oxygens (including phenoxy) is 3. The number of benzene rings is 1. The van der Waals surface area contributed by atoms with Gasteiger partial charge in [0.2, 0.25) is 5.75 Å². The molecule has 0 fully saturated rings. The van der Waals surface area contributed by atoms with Gasteiger partial charge in [0.05, 0.1) is 27.9 Å². The first-order valence-corrected chi connectivity index (χ1v) is 5.44. The third-order valence-electron chi connectivity index (χ3n) is 2.99. The maximum atomic E-state index is 5.46. The van der Waals surface area contributed by atoms with Crippen molar-refractivity contribution in [1.29, 1.82) is 0 Å². The van der Waals surface area contributed by atoms with Gasteiger partial charge in [-0.3, -0.25) is 0 Å². The van der Waals surface area contributed by atoms with Crippen molar-refractivity contribution in [3.05, 3.63) is 17.2 Å². The zero-order valence-corrected chi connectivity index (χ0v) is 10.0. The number of hydrogen-bond acceptors (Lipinski definition) is 3. The summed E-state index contributed by atoms with van der Waals surface area (Å²) in [4.78, 5) is 0. The molecule has 0 atom stereocenters. The fraction of sp³-hybridized carbons (Fsp3) is 0.500. The molecule has 16 heavy (non-hydrogen) atoms. The Morgan fingerprint density at radius 3 is 2.44 bits per heavy atom. The first-order valence-electron chi connectivity index (χ1n) is 5.44. The van der Waals surface area contributed by atoms with Crippen molar-refractivity contribution in [3.8, 4) is 17.2 Å². The molecule has 0 saturated carbocycles. The molecule has 0 aliphatic carbocycles. The van der Waals surface area contributed by atoms with Crippen LogP contribution in [0.15, 0.2) is 6.07 Å². The van der Waals surface area contributed by atoms with Gasteiger partial charge in [0, 0.05) is 17.5 Å². The van der Waals surface area contributed by atoms with Crippen LogP contribution in [0.2, 0.25) is 0 Å². The summed E-state index contributed by atoms with van der Waals surface area (Å²) in [6.45, 7) is 2.07. The molecule has 88 valence electrons. The normalized spacial score (nSPS) is 14.2. The zero-order valence-electron chi connectivity index (χ0n) is 10.0. The van der Waals surface area contributed by atoms with Crippen molar-refractivity contribution >= 4 is 0 Å². The minimum atomic E-state index is 0.700. The molecule has 4 heteroatoms. The molecule has 2 N–H and O–H groups in total. The maximum Gasteiger partial charge on any atom is 0.203 e. The second-order valence-electron chi connectivity index (χ2n) is 3.81. The Kier molecular flexibility index (Phi) is 3.19. The van der Waals surface area contributed by atoms with Gasteiger partial charge in [-0.2, -0.15) is 0 Å². The molecule has 0 spiro atoms. The molecule has 0 saturated heterocycles. The highest BCUT2D eigenvalue weighted by Gasteiger charge is 2.23. The number of methoxy groups -OCH3 is 3. The van der Waals surface area contributed by atoms with Crippen LogP contribution in [-0.2, 0) is 13.0 Å². The summed E-state index contributed by atoms with van der Waals surface area (Å²) in [5, 5.41) is 2.29. The highest BCUT2D eigenvalue weighted by molar-refractivity contribution is 5.59. The molecule has 1 heterocycles. The van der Waals surface area contributed by atoms with Crippen LogP contribution in [0.1, 0.15) is 11.1 Å². The summed E-state index contributed by atoms with van der Waals surface area (Å²) in [6.07, 6.45) is 1.01. The largest absolute Gasteiger partial charge is 0.493 e. The van der Waals surface area contributed by atoms with E-state index in [0.717, 1.165) is 31.0 Å². The molecule has 1 aromatic rings. The number of nitrogens with two attached hydrogens (primary N) is 1. The predicted molar refractivity (Wildman–Crippen MR) is 60.3 cm³/mol. The third kappa shape index (κ3) is 1.69. The zero-order chi connectivity index (χ0) is 11.5. The monoisotopic (exact) mass is 224 g/mol. The van der Waals surface area contributed by atoms with Gasteiger partial charge in [0.15, 0.2) is 11.5 Å². The van der Waals surface area contributed by atoms with E-state index in [1.54, 1.807) is 21.3 Å². The molecule has 1 aromatic carbocycles. The van der Waals surface area contributed by atoms with Crippen LogP contribution in [0, 0.1) is 0 Å². The van der Waals surface area contributed by atoms with Gasteiger partial charge in [-0.1, -0.05) is 0 Å². The smallest absolute Gasteiger partial charge is 0.203 e. The van der Waals surface area contributed by atoms with Crippen molar-refractivity contribution in [1.82, 2.24) is 0 Å². The van der Waals surface area contributed by atoms with Gasteiger partial charge < -0.3 is 19.5 Å².